The largest absolute Gasteiger partial charge is 0.461 e. The lowest BCUT2D eigenvalue weighted by Crippen LogP contribution is -2.16. The summed E-state index contributed by atoms with van der Waals surface area (Å²) in [4.78, 5) is 12.7. The molecule has 168 valence electrons. The van der Waals surface area contributed by atoms with Gasteiger partial charge in [-0.05, 0) is 48.1 Å². The van der Waals surface area contributed by atoms with Gasteiger partial charge in [-0.15, -0.1) is 0 Å². The summed E-state index contributed by atoms with van der Waals surface area (Å²) in [6.07, 6.45) is 7.35. The van der Waals surface area contributed by atoms with E-state index in [0.29, 0.717) is 34.8 Å². The third kappa shape index (κ3) is 4.86. The Morgan fingerprint density at radius 1 is 1.15 bits per heavy atom. The molecule has 6 heteroatoms. The highest BCUT2D eigenvalue weighted by molar-refractivity contribution is 5.81. The predicted molar refractivity (Wildman–Crippen MR) is 130 cm³/mol. The van der Waals surface area contributed by atoms with Crippen LogP contribution < -0.4 is 10.9 Å². The number of benzene rings is 1. The van der Waals surface area contributed by atoms with Gasteiger partial charge in [-0.3, -0.25) is 0 Å². The third-order valence-corrected chi connectivity index (χ3v) is 5.44. The number of hydrogen-bond donors (Lipinski definition) is 1. The molecule has 1 aromatic heterocycles. The maximum atomic E-state index is 12.7. The van der Waals surface area contributed by atoms with Crippen LogP contribution in [0, 0.1) is 39.9 Å². The molecule has 0 spiro atoms. The summed E-state index contributed by atoms with van der Waals surface area (Å²) in [5.41, 5.74) is 2.40. The van der Waals surface area contributed by atoms with Crippen molar-refractivity contribution in [3.05, 3.63) is 86.2 Å². The van der Waals surface area contributed by atoms with Crippen LogP contribution in [0.1, 0.15) is 43.9 Å². The Labute approximate surface area is 198 Å². The van der Waals surface area contributed by atoms with E-state index in [9.17, 15) is 15.3 Å². The van der Waals surface area contributed by atoms with E-state index in [0.717, 1.165) is 29.5 Å². The molecule has 3 heterocycles. The molecule has 0 amide bonds. The lowest BCUT2D eigenvalue weighted by Gasteiger charge is -2.26. The molecule has 0 unspecified atom stereocenters. The first-order chi connectivity index (χ1) is 16.3. The summed E-state index contributed by atoms with van der Waals surface area (Å²) in [7, 11) is 0. The van der Waals surface area contributed by atoms with Crippen LogP contribution >= 0.6 is 0 Å². The molecule has 0 aliphatic carbocycles. The maximum absolute atomic E-state index is 12.7. The van der Waals surface area contributed by atoms with Crippen molar-refractivity contribution in [1.29, 1.82) is 10.5 Å². The molecule has 0 bridgehead atoms. The lowest BCUT2D eigenvalue weighted by molar-refractivity contribution is 0.223. The van der Waals surface area contributed by atoms with Gasteiger partial charge in [0.2, 0.25) is 0 Å². The van der Waals surface area contributed by atoms with Crippen LogP contribution in [0.3, 0.4) is 0 Å². The Hall–Kier alpha value is -4.31. The summed E-state index contributed by atoms with van der Waals surface area (Å²) in [6.45, 7) is 7.46. The fraction of sp³-hybridized carbons (Fsp3) is 0.250. The van der Waals surface area contributed by atoms with Crippen molar-refractivity contribution < 1.29 is 9.15 Å². The highest BCUT2D eigenvalue weighted by atomic mass is 16.5. The first kappa shape index (κ1) is 22.9. The van der Waals surface area contributed by atoms with Gasteiger partial charge in [-0.2, -0.15) is 10.5 Å². The van der Waals surface area contributed by atoms with E-state index >= 15 is 0 Å². The van der Waals surface area contributed by atoms with E-state index in [1.807, 2.05) is 45.0 Å². The molecule has 0 saturated carbocycles. The van der Waals surface area contributed by atoms with E-state index in [1.54, 1.807) is 30.4 Å². The Kier molecular flexibility index (Phi) is 6.24. The number of hydrogen-bond acceptors (Lipinski definition) is 6. The number of nitriles is 2. The second-order valence-electron chi connectivity index (χ2n) is 9.06. The number of rotatable bonds is 2. The molecule has 1 aromatic carbocycles. The molecule has 0 saturated heterocycles. The fourth-order valence-electron chi connectivity index (χ4n) is 3.58. The number of fused-ring (bicyclic) bond motifs is 2. The Balaban J connectivity index is 1.73. The Morgan fingerprint density at radius 3 is 2.68 bits per heavy atom. The number of nitrogens with zero attached hydrogens (tertiary/aromatic N) is 2. The third-order valence-electron chi connectivity index (χ3n) is 5.44. The predicted octanol–water partition coefficient (Wildman–Crippen LogP) is 4.84. The van der Waals surface area contributed by atoms with Crippen LogP contribution in [-0.2, 0) is 11.3 Å². The summed E-state index contributed by atoms with van der Waals surface area (Å²) in [5, 5.41) is 22.8. The molecule has 0 fully saturated rings. The molecule has 6 nitrogen and oxygen atoms in total. The van der Waals surface area contributed by atoms with Crippen LogP contribution in [0.4, 0.5) is 0 Å². The quantitative estimate of drug-likeness (QED) is 0.400. The van der Waals surface area contributed by atoms with Crippen molar-refractivity contribution in [2.75, 3.05) is 6.54 Å². The van der Waals surface area contributed by atoms with Crippen LogP contribution in [0.2, 0.25) is 0 Å². The summed E-state index contributed by atoms with van der Waals surface area (Å²) < 4.78 is 11.6. The lowest BCUT2D eigenvalue weighted by atomic mass is 9.90. The molecule has 4 rings (SSSR count). The van der Waals surface area contributed by atoms with Gasteiger partial charge in [0.15, 0.2) is 0 Å². The minimum absolute atomic E-state index is 0.00521. The van der Waals surface area contributed by atoms with Crippen molar-refractivity contribution in [2.24, 2.45) is 5.41 Å². The van der Waals surface area contributed by atoms with Gasteiger partial charge in [0, 0.05) is 41.4 Å². The van der Waals surface area contributed by atoms with Crippen LogP contribution in [-0.4, -0.2) is 6.54 Å². The first-order valence-corrected chi connectivity index (χ1v) is 10.9. The zero-order valence-corrected chi connectivity index (χ0v) is 19.3. The van der Waals surface area contributed by atoms with Gasteiger partial charge in [-0.1, -0.05) is 32.6 Å². The normalized spacial score (nSPS) is 15.5. The molecule has 2 aliphatic heterocycles. The van der Waals surface area contributed by atoms with Gasteiger partial charge >= 0.3 is 5.63 Å². The van der Waals surface area contributed by atoms with E-state index in [4.69, 9.17) is 9.15 Å². The van der Waals surface area contributed by atoms with E-state index in [-0.39, 0.29) is 11.0 Å². The van der Waals surface area contributed by atoms with Crippen molar-refractivity contribution in [1.82, 2.24) is 5.32 Å². The number of ether oxygens (including phenoxy) is 1. The smallest absolute Gasteiger partial charge is 0.343 e. The monoisotopic (exact) mass is 449 g/mol. The zero-order valence-electron chi connectivity index (χ0n) is 19.3. The Bertz CT molecular complexity index is 1490. The topological polar surface area (TPSA) is 99.0 Å². The highest BCUT2D eigenvalue weighted by Gasteiger charge is 2.24. The summed E-state index contributed by atoms with van der Waals surface area (Å²) in [5.74, 6) is 7.30. The SMILES string of the molecule is CC(C)(C)C1=CC(=C(C#N)C#N)C=C(C=Cc2cc3cc4c(cc3oc2=O)C#CCCNC4)O1. The second-order valence-corrected chi connectivity index (χ2v) is 9.06. The molecule has 0 radical (unpaired) electrons. The molecule has 0 atom stereocenters. The average molecular weight is 450 g/mol. The van der Waals surface area contributed by atoms with Crippen molar-refractivity contribution >= 4 is 17.0 Å². The number of allylic oxidation sites excluding steroid dienone is 6. The molecular weight excluding hydrogens is 426 g/mol. The van der Waals surface area contributed by atoms with Crippen LogP contribution in [0.5, 0.6) is 0 Å². The van der Waals surface area contributed by atoms with Crippen LogP contribution in [0.25, 0.3) is 17.0 Å². The fourth-order valence-corrected chi connectivity index (χ4v) is 3.58. The van der Waals surface area contributed by atoms with Crippen LogP contribution in [0.15, 0.2) is 68.3 Å². The van der Waals surface area contributed by atoms with Gasteiger partial charge in [-0.25, -0.2) is 4.79 Å². The zero-order chi connectivity index (χ0) is 24.3. The molecule has 2 aromatic rings. The molecule has 1 N–H and O–H groups in total. The van der Waals surface area contributed by atoms with Gasteiger partial charge in [0.05, 0.1) is 5.56 Å². The highest BCUT2D eigenvalue weighted by Crippen LogP contribution is 2.34. The minimum atomic E-state index is -0.478. The standard InChI is InChI=1S/C28H23N3O3/c1-28(2,3)26-14-20(23(15-29)16-30)12-24(33-26)8-7-19-10-21-11-22-17-31-9-5-4-6-18(22)13-25(21)34-27(19)32/h7-8,10-14,31H,5,9,17H2,1-3H3. The average Bonchev–Trinajstić information content (AvgIpc) is 2.78. The van der Waals surface area contributed by atoms with E-state index in [1.165, 1.54) is 0 Å². The van der Waals surface area contributed by atoms with Crippen molar-refractivity contribution in [2.45, 2.75) is 33.7 Å². The summed E-state index contributed by atoms with van der Waals surface area (Å²) in [6, 6.07) is 9.42. The minimum Gasteiger partial charge on any atom is -0.461 e. The Morgan fingerprint density at radius 2 is 1.94 bits per heavy atom. The maximum Gasteiger partial charge on any atom is 0.343 e. The molecular formula is C28H23N3O3. The summed E-state index contributed by atoms with van der Waals surface area (Å²) >= 11 is 0. The molecule has 2 aliphatic rings. The van der Waals surface area contributed by atoms with E-state index in [2.05, 4.69) is 17.2 Å². The second kappa shape index (κ2) is 9.28. The first-order valence-electron chi connectivity index (χ1n) is 10.9. The van der Waals surface area contributed by atoms with Gasteiger partial charge in [0.25, 0.3) is 0 Å². The van der Waals surface area contributed by atoms with Crippen molar-refractivity contribution in [3.8, 4) is 24.0 Å². The van der Waals surface area contributed by atoms with E-state index < -0.39 is 5.63 Å². The van der Waals surface area contributed by atoms with Gasteiger partial charge in [0.1, 0.15) is 34.8 Å². The van der Waals surface area contributed by atoms with Crippen molar-refractivity contribution in [3.63, 3.8) is 0 Å². The number of nitrogens with one attached hydrogen (secondary N) is 1. The molecule has 34 heavy (non-hydrogen) atoms. The van der Waals surface area contributed by atoms with Gasteiger partial charge < -0.3 is 14.5 Å².